The summed E-state index contributed by atoms with van der Waals surface area (Å²) in [6, 6.07) is 43.0. The zero-order valence-corrected chi connectivity index (χ0v) is 25.2. The molecule has 1 aromatic heterocycles. The molecule has 0 aliphatic carbocycles. The molecule has 5 heteroatoms. The molecule has 0 fully saturated rings. The number of hydrogen-bond donors (Lipinski definition) is 1. The van der Waals surface area contributed by atoms with Crippen molar-refractivity contribution < 1.29 is 0 Å². The monoisotopic (exact) mass is 605 g/mol. The Morgan fingerprint density at radius 2 is 1.03 bits per heavy atom. The van der Waals surface area contributed by atoms with Crippen LogP contribution in [0.1, 0.15) is 29.4 Å². The first-order valence-electron chi connectivity index (χ1n) is 12.7. The molecule has 0 aliphatic heterocycles. The van der Waals surface area contributed by atoms with Gasteiger partial charge in [-0.1, -0.05) is 24.3 Å². The molecule has 0 bridgehead atoms. The molecule has 0 saturated heterocycles. The summed E-state index contributed by atoms with van der Waals surface area (Å²) in [6.07, 6.45) is 0. The molecule has 0 aliphatic rings. The van der Waals surface area contributed by atoms with Gasteiger partial charge in [0.2, 0.25) is 5.95 Å². The van der Waals surface area contributed by atoms with Gasteiger partial charge in [-0.05, 0) is 39.3 Å². The van der Waals surface area contributed by atoms with E-state index in [9.17, 15) is 0 Å². The average molecular weight is 604 g/mol. The molecule has 0 amide bonds. The molecule has 1 heterocycles. The number of benzene rings is 4. The van der Waals surface area contributed by atoms with Crippen LogP contribution in [0.25, 0.3) is 0 Å². The maximum atomic E-state index is 4.35. The molecule has 4 aromatic carbocycles. The summed E-state index contributed by atoms with van der Waals surface area (Å²) in [7, 11) is 0. The zero-order valence-electron chi connectivity index (χ0n) is 22.4. The fourth-order valence-electron chi connectivity index (χ4n) is 4.26. The summed E-state index contributed by atoms with van der Waals surface area (Å²) >= 11 is -1.98. The number of nitrogens with one attached hydrogen (secondary N) is 1. The second-order valence-electron chi connectivity index (χ2n) is 9.07. The fraction of sp³-hybridized carbons (Fsp3) is 0.121. The molecule has 1 N–H and O–H groups in total. The standard InChI is InChI=1S/C15H18N4.3C6H5.Sn/c1-10-7-5-6-8-14(10)13(4)18-19-15-16-11(2)9-12(3)17-15;3*1-2-4-6-5-3-1;/h5-9H,1-4H3,(H,16,17,19);3*1-5H;/b18-13+;;;;. The van der Waals surface area contributed by atoms with Gasteiger partial charge >= 0.3 is 121 Å². The summed E-state index contributed by atoms with van der Waals surface area (Å²) in [5.41, 5.74) is 8.02. The van der Waals surface area contributed by atoms with E-state index in [4.69, 9.17) is 0 Å². The minimum atomic E-state index is -1.98. The normalized spacial score (nSPS) is 11.0. The Balaban J connectivity index is 0.000000177. The number of aryl methyl sites for hydroxylation is 3. The zero-order chi connectivity index (χ0) is 26.7. The topological polar surface area (TPSA) is 50.2 Å². The summed E-state index contributed by atoms with van der Waals surface area (Å²) in [5.74, 6) is 0.533. The van der Waals surface area contributed by atoms with Crippen LogP contribution in [0.5, 0.6) is 0 Å². The summed E-state index contributed by atoms with van der Waals surface area (Å²) in [4.78, 5) is 8.59. The molecule has 5 rings (SSSR count). The number of anilines is 1. The molecule has 5 aromatic rings. The Bertz CT molecular complexity index is 1360. The number of rotatable bonds is 6. The van der Waals surface area contributed by atoms with Crippen LogP contribution < -0.4 is 16.2 Å². The third-order valence-corrected chi connectivity index (χ3v) is 13.8. The predicted octanol–water partition coefficient (Wildman–Crippen LogP) is 5.44. The molecule has 0 saturated carbocycles. The van der Waals surface area contributed by atoms with Crippen molar-refractivity contribution in [3.8, 4) is 0 Å². The van der Waals surface area contributed by atoms with E-state index in [-0.39, 0.29) is 0 Å². The Labute approximate surface area is 233 Å². The number of hydrogen-bond acceptors (Lipinski definition) is 4. The summed E-state index contributed by atoms with van der Waals surface area (Å²) in [5, 5.41) is 4.35. The van der Waals surface area contributed by atoms with Crippen molar-refractivity contribution in [1.29, 1.82) is 0 Å². The molecule has 4 nitrogen and oxygen atoms in total. The SMILES string of the molecule is C/C(=N\Nc1nc(C)cc(C)n1)c1ccccc1C.c1cc[c]([Sn]([c]2ccccc2)[c]2ccccc2)cc1. The van der Waals surface area contributed by atoms with Gasteiger partial charge in [-0.25, -0.2) is 15.4 Å². The third kappa shape index (κ3) is 7.62. The van der Waals surface area contributed by atoms with E-state index in [1.165, 1.54) is 16.3 Å². The van der Waals surface area contributed by atoms with Gasteiger partial charge in [-0.3, -0.25) is 0 Å². The van der Waals surface area contributed by atoms with Gasteiger partial charge in [0.1, 0.15) is 0 Å². The van der Waals surface area contributed by atoms with Crippen LogP contribution >= 0.6 is 0 Å². The van der Waals surface area contributed by atoms with Crippen molar-refractivity contribution in [2.24, 2.45) is 5.10 Å². The molecular weight excluding hydrogens is 571 g/mol. The van der Waals surface area contributed by atoms with E-state index < -0.39 is 19.8 Å². The minimum absolute atomic E-state index is 0.533. The van der Waals surface area contributed by atoms with E-state index in [0.29, 0.717) is 5.95 Å². The number of aromatic nitrogens is 2. The quantitative estimate of drug-likeness (QED) is 0.160. The predicted molar refractivity (Wildman–Crippen MR) is 163 cm³/mol. The second-order valence-corrected chi connectivity index (χ2v) is 16.2. The van der Waals surface area contributed by atoms with Crippen molar-refractivity contribution in [3.63, 3.8) is 0 Å². The third-order valence-electron chi connectivity index (χ3n) is 6.03. The Morgan fingerprint density at radius 3 is 1.47 bits per heavy atom. The van der Waals surface area contributed by atoms with E-state index in [1.54, 1.807) is 0 Å². The molecule has 189 valence electrons. The molecule has 0 unspecified atom stereocenters. The van der Waals surface area contributed by atoms with Crippen molar-refractivity contribution >= 4 is 42.2 Å². The molecule has 38 heavy (non-hydrogen) atoms. The van der Waals surface area contributed by atoms with E-state index in [1.807, 2.05) is 39.0 Å². The van der Waals surface area contributed by atoms with Gasteiger partial charge in [0.05, 0.1) is 5.71 Å². The van der Waals surface area contributed by atoms with Gasteiger partial charge in [-0.2, -0.15) is 5.10 Å². The Hall–Kier alpha value is -3.77. The van der Waals surface area contributed by atoms with Crippen LogP contribution in [-0.4, -0.2) is 35.4 Å². The van der Waals surface area contributed by atoms with E-state index in [0.717, 1.165) is 22.7 Å². The molecule has 0 atom stereocenters. The van der Waals surface area contributed by atoms with E-state index >= 15 is 0 Å². The van der Waals surface area contributed by atoms with Gasteiger partial charge in [-0.15, -0.1) is 0 Å². The Morgan fingerprint density at radius 1 is 0.605 bits per heavy atom. The van der Waals surface area contributed by atoms with Gasteiger partial charge in [0.15, 0.2) is 0 Å². The molecule has 1 radical (unpaired) electrons. The number of nitrogens with zero attached hydrogens (tertiary/aromatic N) is 3. The van der Waals surface area contributed by atoms with Crippen molar-refractivity contribution in [3.05, 3.63) is 144 Å². The number of hydrazone groups is 1. The van der Waals surface area contributed by atoms with Crippen molar-refractivity contribution in [2.75, 3.05) is 5.43 Å². The average Bonchev–Trinajstić information content (AvgIpc) is 2.94. The van der Waals surface area contributed by atoms with Crippen LogP contribution in [-0.2, 0) is 0 Å². The summed E-state index contributed by atoms with van der Waals surface area (Å²) < 4.78 is 4.59. The van der Waals surface area contributed by atoms with E-state index in [2.05, 4.69) is 131 Å². The van der Waals surface area contributed by atoms with Crippen LogP contribution in [0.4, 0.5) is 5.95 Å². The summed E-state index contributed by atoms with van der Waals surface area (Å²) in [6.45, 7) is 7.93. The maximum absolute atomic E-state index is 4.35. The van der Waals surface area contributed by atoms with Crippen molar-refractivity contribution in [2.45, 2.75) is 27.7 Å². The van der Waals surface area contributed by atoms with Crippen LogP contribution in [0.3, 0.4) is 0 Å². The van der Waals surface area contributed by atoms with Crippen LogP contribution in [0.2, 0.25) is 0 Å². The van der Waals surface area contributed by atoms with Crippen LogP contribution in [0.15, 0.2) is 126 Å². The van der Waals surface area contributed by atoms with Gasteiger partial charge in [0, 0.05) is 17.0 Å². The van der Waals surface area contributed by atoms with Crippen LogP contribution in [0, 0.1) is 20.8 Å². The van der Waals surface area contributed by atoms with Crippen molar-refractivity contribution in [1.82, 2.24) is 9.97 Å². The first kappa shape index (κ1) is 27.3. The fourth-order valence-corrected chi connectivity index (χ4v) is 11.6. The van der Waals surface area contributed by atoms with Gasteiger partial charge in [0.25, 0.3) is 0 Å². The second kappa shape index (κ2) is 13.7. The molecular formula is C33H33N4Sn. The Kier molecular flexibility index (Phi) is 9.82. The first-order chi connectivity index (χ1) is 18.5. The molecule has 0 spiro atoms. The van der Waals surface area contributed by atoms with Gasteiger partial charge < -0.3 is 0 Å². The first-order valence-corrected chi connectivity index (χ1v) is 17.0.